The van der Waals surface area contributed by atoms with Gasteiger partial charge >= 0.3 is 0 Å². The van der Waals surface area contributed by atoms with Crippen LogP contribution < -0.4 is 10.5 Å². The van der Waals surface area contributed by atoms with Crippen molar-refractivity contribution >= 4 is 11.5 Å². The van der Waals surface area contributed by atoms with Crippen molar-refractivity contribution in [3.05, 3.63) is 59.7 Å². The minimum absolute atomic E-state index is 0.0919. The molecule has 2 N–H and O–H groups in total. The van der Waals surface area contributed by atoms with Crippen molar-refractivity contribution in [2.45, 2.75) is 12.8 Å². The van der Waals surface area contributed by atoms with Crippen LogP contribution >= 0.6 is 0 Å². The third kappa shape index (κ3) is 3.35. The summed E-state index contributed by atoms with van der Waals surface area (Å²) in [6.45, 7) is 0. The van der Waals surface area contributed by atoms with E-state index in [4.69, 9.17) is 10.5 Å². The van der Waals surface area contributed by atoms with E-state index in [9.17, 15) is 4.79 Å². The summed E-state index contributed by atoms with van der Waals surface area (Å²) in [5.41, 5.74) is 8.11. The van der Waals surface area contributed by atoms with Crippen LogP contribution in [-0.2, 0) is 6.42 Å². The summed E-state index contributed by atoms with van der Waals surface area (Å²) in [4.78, 5) is 12.2. The van der Waals surface area contributed by atoms with Gasteiger partial charge in [0.15, 0.2) is 5.78 Å². The molecule has 0 atom stereocenters. The van der Waals surface area contributed by atoms with Crippen LogP contribution in [0.1, 0.15) is 22.3 Å². The van der Waals surface area contributed by atoms with Crippen molar-refractivity contribution in [2.24, 2.45) is 0 Å². The lowest BCUT2D eigenvalue weighted by Gasteiger charge is -2.07. The molecule has 0 spiro atoms. The lowest BCUT2D eigenvalue weighted by molar-refractivity contribution is 0.0980. The van der Waals surface area contributed by atoms with Gasteiger partial charge < -0.3 is 10.5 Å². The predicted octanol–water partition coefficient (Wildman–Crippen LogP) is 3.09. The molecule has 19 heavy (non-hydrogen) atoms. The second kappa shape index (κ2) is 6.05. The number of hydrogen-bond donors (Lipinski definition) is 1. The normalized spacial score (nSPS) is 10.2. The second-order valence-corrected chi connectivity index (χ2v) is 4.37. The number of rotatable bonds is 5. The maximum absolute atomic E-state index is 12.2. The Morgan fingerprint density at radius 3 is 2.47 bits per heavy atom. The maximum Gasteiger partial charge on any atom is 0.166 e. The van der Waals surface area contributed by atoms with Crippen molar-refractivity contribution in [3.8, 4) is 5.75 Å². The highest BCUT2D eigenvalue weighted by Crippen LogP contribution is 2.20. The monoisotopic (exact) mass is 255 g/mol. The van der Waals surface area contributed by atoms with Crippen molar-refractivity contribution in [1.29, 1.82) is 0 Å². The van der Waals surface area contributed by atoms with Gasteiger partial charge in [0.2, 0.25) is 0 Å². The number of Topliss-reactive ketones (excluding diaryl/α,β-unsaturated/α-hetero) is 1. The largest absolute Gasteiger partial charge is 0.496 e. The van der Waals surface area contributed by atoms with Gasteiger partial charge in [0.25, 0.3) is 0 Å². The molecule has 2 aromatic carbocycles. The average molecular weight is 255 g/mol. The molecule has 2 aromatic rings. The molecule has 0 saturated heterocycles. The van der Waals surface area contributed by atoms with E-state index in [2.05, 4.69) is 0 Å². The zero-order chi connectivity index (χ0) is 13.7. The highest BCUT2D eigenvalue weighted by molar-refractivity contribution is 5.98. The first-order chi connectivity index (χ1) is 9.20. The number of methoxy groups -OCH3 is 1. The Kier molecular flexibility index (Phi) is 4.18. The molecule has 0 unspecified atom stereocenters. The SMILES string of the molecule is COc1ccccc1C(=O)CCc1ccc(N)cc1. The first-order valence-electron chi connectivity index (χ1n) is 6.21. The molecule has 0 aliphatic rings. The molecular weight excluding hydrogens is 238 g/mol. The fourth-order valence-electron chi connectivity index (χ4n) is 1.95. The quantitative estimate of drug-likeness (QED) is 0.659. The fourth-order valence-corrected chi connectivity index (χ4v) is 1.95. The molecular formula is C16H17NO2. The summed E-state index contributed by atoms with van der Waals surface area (Å²) >= 11 is 0. The van der Waals surface area contributed by atoms with E-state index in [1.807, 2.05) is 36.4 Å². The van der Waals surface area contributed by atoms with E-state index in [-0.39, 0.29) is 5.78 Å². The van der Waals surface area contributed by atoms with E-state index in [0.29, 0.717) is 24.2 Å². The Bertz CT molecular complexity index is 561. The minimum atomic E-state index is 0.0919. The van der Waals surface area contributed by atoms with Gasteiger partial charge in [-0.05, 0) is 36.2 Å². The molecule has 0 bridgehead atoms. The fraction of sp³-hybridized carbons (Fsp3) is 0.188. The number of ketones is 1. The highest BCUT2D eigenvalue weighted by atomic mass is 16.5. The van der Waals surface area contributed by atoms with Gasteiger partial charge in [-0.1, -0.05) is 24.3 Å². The molecule has 0 amide bonds. The summed E-state index contributed by atoms with van der Waals surface area (Å²) in [6, 6.07) is 14.9. The number of benzene rings is 2. The number of para-hydroxylation sites is 1. The van der Waals surface area contributed by atoms with E-state index in [1.165, 1.54) is 0 Å². The molecule has 0 fully saturated rings. The summed E-state index contributed by atoms with van der Waals surface area (Å²) in [7, 11) is 1.58. The van der Waals surface area contributed by atoms with Crippen molar-refractivity contribution < 1.29 is 9.53 Å². The second-order valence-electron chi connectivity index (χ2n) is 4.37. The number of nitrogen functional groups attached to an aromatic ring is 1. The number of carbonyl (C=O) groups is 1. The predicted molar refractivity (Wildman–Crippen MR) is 76.5 cm³/mol. The van der Waals surface area contributed by atoms with Crippen molar-refractivity contribution in [3.63, 3.8) is 0 Å². The zero-order valence-electron chi connectivity index (χ0n) is 10.9. The minimum Gasteiger partial charge on any atom is -0.496 e. The summed E-state index contributed by atoms with van der Waals surface area (Å²) in [5, 5.41) is 0. The topological polar surface area (TPSA) is 52.3 Å². The van der Waals surface area contributed by atoms with Gasteiger partial charge in [0.05, 0.1) is 12.7 Å². The van der Waals surface area contributed by atoms with Gasteiger partial charge in [-0.2, -0.15) is 0 Å². The molecule has 0 aromatic heterocycles. The Hall–Kier alpha value is -2.29. The van der Waals surface area contributed by atoms with Crippen molar-refractivity contribution in [2.75, 3.05) is 12.8 Å². The van der Waals surface area contributed by atoms with E-state index >= 15 is 0 Å². The smallest absolute Gasteiger partial charge is 0.166 e. The molecule has 98 valence electrons. The third-order valence-electron chi connectivity index (χ3n) is 3.03. The van der Waals surface area contributed by atoms with E-state index < -0.39 is 0 Å². The number of hydrogen-bond acceptors (Lipinski definition) is 3. The van der Waals surface area contributed by atoms with Gasteiger partial charge in [0, 0.05) is 12.1 Å². The first-order valence-corrected chi connectivity index (χ1v) is 6.21. The van der Waals surface area contributed by atoms with Crippen LogP contribution in [0.25, 0.3) is 0 Å². The van der Waals surface area contributed by atoms with E-state index in [1.54, 1.807) is 19.2 Å². The number of anilines is 1. The van der Waals surface area contributed by atoms with Crippen LogP contribution in [0.5, 0.6) is 5.75 Å². The molecule has 2 rings (SSSR count). The third-order valence-corrected chi connectivity index (χ3v) is 3.03. The molecule has 0 aliphatic heterocycles. The van der Waals surface area contributed by atoms with Gasteiger partial charge in [0.1, 0.15) is 5.75 Å². The summed E-state index contributed by atoms with van der Waals surface area (Å²) in [5.74, 6) is 0.721. The molecule has 0 heterocycles. The lowest BCUT2D eigenvalue weighted by atomic mass is 10.0. The Labute approximate surface area is 113 Å². The van der Waals surface area contributed by atoms with Crippen LogP contribution in [0.2, 0.25) is 0 Å². The van der Waals surface area contributed by atoms with Crippen LogP contribution in [0.3, 0.4) is 0 Å². The highest BCUT2D eigenvalue weighted by Gasteiger charge is 2.11. The number of nitrogens with two attached hydrogens (primary N) is 1. The maximum atomic E-state index is 12.2. The number of carbonyl (C=O) groups excluding carboxylic acids is 1. The van der Waals surface area contributed by atoms with Crippen LogP contribution in [0.4, 0.5) is 5.69 Å². The lowest BCUT2D eigenvalue weighted by Crippen LogP contribution is -2.03. The molecule has 3 nitrogen and oxygen atoms in total. The molecule has 0 saturated carbocycles. The van der Waals surface area contributed by atoms with Crippen LogP contribution in [0, 0.1) is 0 Å². The Morgan fingerprint density at radius 2 is 1.79 bits per heavy atom. The van der Waals surface area contributed by atoms with Crippen LogP contribution in [-0.4, -0.2) is 12.9 Å². The van der Waals surface area contributed by atoms with Crippen LogP contribution in [0.15, 0.2) is 48.5 Å². The van der Waals surface area contributed by atoms with E-state index in [0.717, 1.165) is 11.3 Å². The van der Waals surface area contributed by atoms with Gasteiger partial charge in [-0.3, -0.25) is 4.79 Å². The Balaban J connectivity index is 2.03. The molecule has 3 heteroatoms. The summed E-state index contributed by atoms with van der Waals surface area (Å²) < 4.78 is 5.20. The van der Waals surface area contributed by atoms with Crippen molar-refractivity contribution in [1.82, 2.24) is 0 Å². The Morgan fingerprint density at radius 1 is 1.11 bits per heavy atom. The molecule has 0 aliphatic carbocycles. The number of aryl methyl sites for hydroxylation is 1. The van der Waals surface area contributed by atoms with Gasteiger partial charge in [-0.25, -0.2) is 0 Å². The standard InChI is InChI=1S/C16H17NO2/c1-19-16-5-3-2-4-14(16)15(18)11-8-12-6-9-13(17)10-7-12/h2-7,9-10H,8,11,17H2,1H3. The van der Waals surface area contributed by atoms with Gasteiger partial charge in [-0.15, -0.1) is 0 Å². The average Bonchev–Trinajstić information content (AvgIpc) is 2.46. The first kappa shape index (κ1) is 13.1. The zero-order valence-corrected chi connectivity index (χ0v) is 10.9. The summed E-state index contributed by atoms with van der Waals surface area (Å²) in [6.07, 6.45) is 1.17. The molecule has 0 radical (unpaired) electrons. The number of ether oxygens (including phenoxy) is 1.